The van der Waals surface area contributed by atoms with Gasteiger partial charge in [0.05, 0.1) is 10.8 Å². The molecule has 0 saturated heterocycles. The van der Waals surface area contributed by atoms with E-state index in [0.29, 0.717) is 0 Å². The lowest BCUT2D eigenvalue weighted by Crippen LogP contribution is -2.28. The average molecular weight is 1650 g/mol. The standard InChI is InChI=1S/C61H39NO2.C61H39NOS/c1-2-12-44(13-3-1)61(55-18-8-4-14-49(55)50-15-5-9-19-56(50)61)45-28-34-48(35-29-45)62(46-30-22-40(23-31-46)42-26-36-59-53(38-42)51-16-6-10-20-57(51)63-59)47-32-24-41(25-33-47)43-27-37-60-54(39-43)52-17-7-11-21-58(52)64-60;1-2-12-44(13-3-1)61(55-18-8-4-14-49(55)50-15-5-9-19-56(50)61)45-28-34-48(35-29-45)62(46-30-22-40(23-31-46)42-26-36-58-53(38-42)51-16-6-10-20-57(51)63-58)47-32-24-41(25-33-47)43-27-37-60-54(39-43)52-17-7-11-21-59(52)64-60/h2*1-39H. The quantitative estimate of drug-likeness (QED) is 0.109. The maximum absolute atomic E-state index is 6.16. The molecule has 26 rings (SSSR count). The molecule has 0 aliphatic heterocycles. The van der Waals surface area contributed by atoms with Gasteiger partial charge in [0.15, 0.2) is 0 Å². The number of para-hydroxylation sites is 3. The van der Waals surface area contributed by atoms with E-state index >= 15 is 0 Å². The molecule has 20 aromatic carbocycles. The third-order valence-corrected chi connectivity index (χ3v) is 27.9. The van der Waals surface area contributed by atoms with Crippen LogP contribution in [0, 0.1) is 0 Å². The summed E-state index contributed by atoms with van der Waals surface area (Å²) in [5, 5.41) is 9.40. The molecule has 5 nitrogen and oxygen atoms in total. The number of hydrogen-bond acceptors (Lipinski definition) is 6. The molecule has 24 aromatic rings. The summed E-state index contributed by atoms with van der Waals surface area (Å²) in [5.74, 6) is 0. The summed E-state index contributed by atoms with van der Waals surface area (Å²) in [4.78, 5) is 4.74. The summed E-state index contributed by atoms with van der Waals surface area (Å²) < 4.78 is 21.1. The second-order valence-electron chi connectivity index (χ2n) is 33.6. The highest BCUT2D eigenvalue weighted by molar-refractivity contribution is 7.25. The number of benzene rings is 20. The highest BCUT2D eigenvalue weighted by Crippen LogP contribution is 2.59. The molecule has 6 heteroatoms. The van der Waals surface area contributed by atoms with E-state index in [1.54, 1.807) is 0 Å². The lowest BCUT2D eigenvalue weighted by molar-refractivity contribution is 0.668. The molecule has 128 heavy (non-hydrogen) atoms. The minimum Gasteiger partial charge on any atom is -0.456 e. The third kappa shape index (κ3) is 12.0. The van der Waals surface area contributed by atoms with Gasteiger partial charge in [-0.25, -0.2) is 0 Å². The second kappa shape index (κ2) is 30.3. The van der Waals surface area contributed by atoms with Crippen LogP contribution in [0.1, 0.15) is 44.5 Å². The van der Waals surface area contributed by atoms with Gasteiger partial charge >= 0.3 is 0 Å². The van der Waals surface area contributed by atoms with E-state index in [2.05, 4.69) is 447 Å². The Balaban J connectivity index is 0.000000139. The molecule has 0 unspecified atom stereocenters. The number of furan rings is 3. The van der Waals surface area contributed by atoms with Crippen LogP contribution in [0.5, 0.6) is 0 Å². The summed E-state index contributed by atoms with van der Waals surface area (Å²) in [5.41, 5.74) is 35.7. The minimum atomic E-state index is -0.468. The zero-order chi connectivity index (χ0) is 84.4. The van der Waals surface area contributed by atoms with Gasteiger partial charge in [0.1, 0.15) is 33.5 Å². The Morgan fingerprint density at radius 3 is 0.734 bits per heavy atom. The van der Waals surface area contributed by atoms with E-state index in [9.17, 15) is 0 Å². The molecule has 0 spiro atoms. The molecule has 0 saturated carbocycles. The van der Waals surface area contributed by atoms with Crippen molar-refractivity contribution in [3.05, 3.63) is 518 Å². The van der Waals surface area contributed by atoms with Crippen molar-refractivity contribution in [2.75, 3.05) is 9.80 Å². The average Bonchev–Trinajstić information content (AvgIpc) is 1.54. The van der Waals surface area contributed by atoms with Crippen molar-refractivity contribution in [1.29, 1.82) is 0 Å². The fourth-order valence-electron chi connectivity index (χ4n) is 20.9. The van der Waals surface area contributed by atoms with E-state index in [1.165, 1.54) is 98.1 Å². The van der Waals surface area contributed by atoms with Gasteiger partial charge in [-0.3, -0.25) is 0 Å². The Kier molecular flexibility index (Phi) is 17.6. The van der Waals surface area contributed by atoms with Crippen LogP contribution in [0.3, 0.4) is 0 Å². The van der Waals surface area contributed by atoms with E-state index in [4.69, 9.17) is 13.3 Å². The van der Waals surface area contributed by atoms with Gasteiger partial charge in [-0.1, -0.05) is 328 Å². The van der Waals surface area contributed by atoms with Crippen LogP contribution in [-0.4, -0.2) is 0 Å². The van der Waals surface area contributed by atoms with Crippen LogP contribution in [0.2, 0.25) is 0 Å². The van der Waals surface area contributed by atoms with Gasteiger partial charge < -0.3 is 23.1 Å². The zero-order valence-corrected chi connectivity index (χ0v) is 70.4. The van der Waals surface area contributed by atoms with E-state index in [0.717, 1.165) is 133 Å². The molecule has 0 N–H and O–H groups in total. The fourth-order valence-corrected chi connectivity index (χ4v) is 22.0. The summed E-state index contributed by atoms with van der Waals surface area (Å²) in [7, 11) is 0. The largest absolute Gasteiger partial charge is 0.456 e. The van der Waals surface area contributed by atoms with Crippen molar-refractivity contribution in [1.82, 2.24) is 0 Å². The Labute approximate surface area is 744 Å². The first-order chi connectivity index (χ1) is 63.4. The van der Waals surface area contributed by atoms with Crippen LogP contribution in [0.25, 0.3) is 153 Å². The van der Waals surface area contributed by atoms with Gasteiger partial charge in [-0.05, 0) is 257 Å². The molecule has 4 aromatic heterocycles. The normalized spacial score (nSPS) is 12.8. The van der Waals surface area contributed by atoms with Crippen LogP contribution in [-0.2, 0) is 10.8 Å². The summed E-state index contributed by atoms with van der Waals surface area (Å²) >= 11 is 1.86. The number of thiophene rings is 1. The maximum Gasteiger partial charge on any atom is 0.135 e. The van der Waals surface area contributed by atoms with Crippen LogP contribution < -0.4 is 9.80 Å². The second-order valence-corrected chi connectivity index (χ2v) is 34.7. The number of fused-ring (bicyclic) bond motifs is 18. The molecule has 0 radical (unpaired) electrons. The first-order valence-electron chi connectivity index (χ1n) is 43.8. The van der Waals surface area contributed by atoms with Crippen molar-refractivity contribution in [3.8, 4) is 66.8 Å². The Bertz CT molecular complexity index is 7510. The van der Waals surface area contributed by atoms with E-state index in [1.807, 2.05) is 47.7 Å². The highest BCUT2D eigenvalue weighted by atomic mass is 32.1. The number of anilines is 6. The first-order valence-corrected chi connectivity index (χ1v) is 44.6. The van der Waals surface area contributed by atoms with E-state index < -0.39 is 10.8 Å². The number of hydrogen-bond donors (Lipinski definition) is 0. The molecule has 0 amide bonds. The Hall–Kier alpha value is -16.4. The summed E-state index contributed by atoms with van der Waals surface area (Å²) in [6.45, 7) is 0. The fraction of sp³-hybridized carbons (Fsp3) is 0.0164. The Morgan fingerprint density at radius 1 is 0.164 bits per heavy atom. The molecule has 2 aliphatic rings. The van der Waals surface area contributed by atoms with Crippen LogP contribution in [0.15, 0.2) is 486 Å². The molecular formula is C122H78N2O3S. The van der Waals surface area contributed by atoms with Gasteiger partial charge in [-0.15, -0.1) is 11.3 Å². The van der Waals surface area contributed by atoms with Gasteiger partial charge in [0, 0.05) is 86.6 Å². The van der Waals surface area contributed by atoms with E-state index in [-0.39, 0.29) is 0 Å². The van der Waals surface area contributed by atoms with Crippen molar-refractivity contribution in [2.24, 2.45) is 0 Å². The Morgan fingerprint density at radius 2 is 0.398 bits per heavy atom. The smallest absolute Gasteiger partial charge is 0.135 e. The number of nitrogens with zero attached hydrogens (tertiary/aromatic N) is 2. The first kappa shape index (κ1) is 74.3. The summed E-state index contributed by atoms with van der Waals surface area (Å²) in [6, 6.07) is 172. The van der Waals surface area contributed by atoms with Gasteiger partial charge in [0.2, 0.25) is 0 Å². The van der Waals surface area contributed by atoms with Crippen molar-refractivity contribution in [2.45, 2.75) is 10.8 Å². The molecular weight excluding hydrogens is 1570 g/mol. The molecule has 2 aliphatic carbocycles. The SMILES string of the molecule is c1ccc(C2(c3ccc(N(c4ccc(-c5ccc6oc7ccccc7c6c5)cc4)c4ccc(-c5ccc6oc7ccccc7c6c5)cc4)cc3)c3ccccc3-c3ccccc32)cc1.c1ccc(C2(c3ccc(N(c4ccc(-c5ccc6oc7ccccc7c6c5)cc4)c4ccc(-c5ccc6sc7ccccc7c6c5)cc4)cc3)c3ccccc3-c3ccccc32)cc1. The van der Waals surface area contributed by atoms with Crippen molar-refractivity contribution < 1.29 is 13.3 Å². The lowest BCUT2D eigenvalue weighted by Gasteiger charge is -2.34. The van der Waals surface area contributed by atoms with Gasteiger partial charge in [-0.2, -0.15) is 0 Å². The molecule has 0 bridgehead atoms. The minimum absolute atomic E-state index is 0.461. The third-order valence-electron chi connectivity index (χ3n) is 26.8. The van der Waals surface area contributed by atoms with Crippen molar-refractivity contribution in [3.63, 3.8) is 0 Å². The van der Waals surface area contributed by atoms with Crippen molar-refractivity contribution >= 4 is 131 Å². The van der Waals surface area contributed by atoms with Crippen LogP contribution >= 0.6 is 11.3 Å². The molecule has 0 atom stereocenters. The predicted octanol–water partition coefficient (Wildman–Crippen LogP) is 33.8. The summed E-state index contributed by atoms with van der Waals surface area (Å²) in [6.07, 6.45) is 0. The molecule has 600 valence electrons. The predicted molar refractivity (Wildman–Crippen MR) is 533 cm³/mol. The lowest BCUT2D eigenvalue weighted by atomic mass is 9.68. The molecule has 0 fully saturated rings. The van der Waals surface area contributed by atoms with Gasteiger partial charge in [0.25, 0.3) is 0 Å². The zero-order valence-electron chi connectivity index (χ0n) is 69.6. The highest BCUT2D eigenvalue weighted by Gasteiger charge is 2.48. The maximum atomic E-state index is 6.16. The molecule has 4 heterocycles. The number of rotatable bonds is 14. The van der Waals surface area contributed by atoms with Crippen LogP contribution in [0.4, 0.5) is 34.1 Å². The topological polar surface area (TPSA) is 45.9 Å². The monoisotopic (exact) mass is 1650 g/mol.